The molecule has 2 nitrogen and oxygen atoms in total. The van der Waals surface area contributed by atoms with Gasteiger partial charge in [0.1, 0.15) is 0 Å². The Bertz CT molecular complexity index is 416. The first-order chi connectivity index (χ1) is 7.26. The summed E-state index contributed by atoms with van der Waals surface area (Å²) < 4.78 is 26.8. The Kier molecular flexibility index (Phi) is 3.68. The summed E-state index contributed by atoms with van der Waals surface area (Å²) in [4.78, 5) is 10.4. The van der Waals surface area contributed by atoms with E-state index >= 15 is 0 Å². The maximum atomic E-state index is 13.2. The minimum Gasteiger partial charge on any atom is -0.477 e. The SMILES string of the molecule is CC(C)c1ccc(C(F)(F)C(=O)O)cc1Br. The van der Waals surface area contributed by atoms with E-state index in [0.29, 0.717) is 4.47 Å². The minimum atomic E-state index is -3.85. The molecule has 0 aromatic heterocycles. The first kappa shape index (κ1) is 13.1. The van der Waals surface area contributed by atoms with Crippen molar-refractivity contribution >= 4 is 21.9 Å². The molecule has 1 aromatic carbocycles. The topological polar surface area (TPSA) is 37.3 Å². The lowest BCUT2D eigenvalue weighted by atomic mass is 9.99. The third kappa shape index (κ3) is 2.40. The summed E-state index contributed by atoms with van der Waals surface area (Å²) in [7, 11) is 0. The fraction of sp³-hybridized carbons (Fsp3) is 0.364. The summed E-state index contributed by atoms with van der Waals surface area (Å²) in [5.74, 6) is -5.81. The molecule has 1 rings (SSSR count). The van der Waals surface area contributed by atoms with Crippen LogP contribution in [-0.4, -0.2) is 11.1 Å². The molecule has 0 aliphatic heterocycles. The average Bonchev–Trinajstić information content (AvgIpc) is 2.16. The van der Waals surface area contributed by atoms with Gasteiger partial charge < -0.3 is 5.11 Å². The van der Waals surface area contributed by atoms with Gasteiger partial charge in [0.2, 0.25) is 0 Å². The second-order valence-electron chi connectivity index (χ2n) is 3.77. The number of alkyl halides is 2. The van der Waals surface area contributed by atoms with Crippen LogP contribution in [0, 0.1) is 0 Å². The van der Waals surface area contributed by atoms with Crippen molar-refractivity contribution in [3.8, 4) is 0 Å². The summed E-state index contributed by atoms with van der Waals surface area (Å²) in [6.07, 6.45) is 0. The number of carboxylic acids is 1. The van der Waals surface area contributed by atoms with Gasteiger partial charge in [0.05, 0.1) is 0 Å². The Morgan fingerprint density at radius 3 is 2.38 bits per heavy atom. The Balaban J connectivity index is 3.21. The summed E-state index contributed by atoms with van der Waals surface area (Å²) in [5, 5.41) is 8.40. The molecule has 88 valence electrons. The highest BCUT2D eigenvalue weighted by Crippen LogP contribution is 2.33. The van der Waals surface area contributed by atoms with Crippen LogP contribution in [-0.2, 0) is 10.7 Å². The summed E-state index contributed by atoms with van der Waals surface area (Å²) in [6.45, 7) is 3.85. The molecule has 0 aliphatic rings. The van der Waals surface area contributed by atoms with E-state index in [1.165, 1.54) is 6.07 Å². The van der Waals surface area contributed by atoms with Crippen molar-refractivity contribution in [2.75, 3.05) is 0 Å². The van der Waals surface area contributed by atoms with E-state index in [1.54, 1.807) is 0 Å². The normalized spacial score (nSPS) is 11.9. The van der Waals surface area contributed by atoms with Gasteiger partial charge in [0, 0.05) is 10.0 Å². The van der Waals surface area contributed by atoms with Crippen LogP contribution in [0.25, 0.3) is 0 Å². The molecule has 0 radical (unpaired) electrons. The van der Waals surface area contributed by atoms with Crippen molar-refractivity contribution in [3.05, 3.63) is 33.8 Å². The molecule has 0 aliphatic carbocycles. The van der Waals surface area contributed by atoms with Gasteiger partial charge in [0.15, 0.2) is 0 Å². The fourth-order valence-electron chi connectivity index (χ4n) is 1.31. The Hall–Kier alpha value is -0.970. The molecule has 1 N–H and O–H groups in total. The molecule has 5 heteroatoms. The number of aliphatic carboxylic acids is 1. The van der Waals surface area contributed by atoms with Crippen molar-refractivity contribution in [2.45, 2.75) is 25.7 Å². The molecule has 16 heavy (non-hydrogen) atoms. The van der Waals surface area contributed by atoms with Crippen molar-refractivity contribution in [3.63, 3.8) is 0 Å². The van der Waals surface area contributed by atoms with E-state index in [0.717, 1.165) is 17.7 Å². The largest absolute Gasteiger partial charge is 0.477 e. The van der Waals surface area contributed by atoms with Gasteiger partial charge in [-0.05, 0) is 17.5 Å². The van der Waals surface area contributed by atoms with E-state index < -0.39 is 17.5 Å². The number of benzene rings is 1. The number of hydrogen-bond donors (Lipinski definition) is 1. The first-order valence-corrected chi connectivity index (χ1v) is 5.47. The zero-order chi connectivity index (χ0) is 12.5. The van der Waals surface area contributed by atoms with Crippen LogP contribution in [0.3, 0.4) is 0 Å². The third-order valence-corrected chi connectivity index (χ3v) is 2.94. The Morgan fingerprint density at radius 2 is 2.00 bits per heavy atom. The zero-order valence-electron chi connectivity index (χ0n) is 8.80. The molecular weight excluding hydrogens is 282 g/mol. The highest BCUT2D eigenvalue weighted by molar-refractivity contribution is 9.10. The lowest BCUT2D eigenvalue weighted by Gasteiger charge is -2.14. The molecule has 1 aromatic rings. The highest BCUT2D eigenvalue weighted by atomic mass is 79.9. The molecule has 0 heterocycles. The van der Waals surface area contributed by atoms with Gasteiger partial charge in [-0.25, -0.2) is 4.79 Å². The number of halogens is 3. The molecule has 0 unspecified atom stereocenters. The van der Waals surface area contributed by atoms with E-state index in [1.807, 2.05) is 13.8 Å². The molecule has 0 saturated carbocycles. The van der Waals surface area contributed by atoms with Crippen LogP contribution < -0.4 is 0 Å². The monoisotopic (exact) mass is 292 g/mol. The summed E-state index contributed by atoms with van der Waals surface area (Å²) >= 11 is 3.16. The van der Waals surface area contributed by atoms with Gasteiger partial charge in [-0.15, -0.1) is 0 Å². The van der Waals surface area contributed by atoms with Crippen LogP contribution in [0.5, 0.6) is 0 Å². The lowest BCUT2D eigenvalue weighted by molar-refractivity contribution is -0.166. The van der Waals surface area contributed by atoms with Gasteiger partial charge in [-0.1, -0.05) is 41.9 Å². The Labute approximate surface area is 100 Å². The van der Waals surface area contributed by atoms with Crippen LogP contribution in [0.15, 0.2) is 22.7 Å². The van der Waals surface area contributed by atoms with Gasteiger partial charge >= 0.3 is 11.9 Å². The minimum absolute atomic E-state index is 0.182. The molecule has 0 spiro atoms. The van der Waals surface area contributed by atoms with Crippen molar-refractivity contribution in [1.29, 1.82) is 0 Å². The van der Waals surface area contributed by atoms with Crippen LogP contribution in [0.1, 0.15) is 30.9 Å². The summed E-state index contributed by atoms with van der Waals surface area (Å²) in [6, 6.07) is 3.82. The maximum Gasteiger partial charge on any atom is 0.379 e. The molecule has 0 saturated heterocycles. The second-order valence-corrected chi connectivity index (χ2v) is 4.62. The highest BCUT2D eigenvalue weighted by Gasteiger charge is 2.41. The number of rotatable bonds is 3. The quantitative estimate of drug-likeness (QED) is 0.921. The van der Waals surface area contributed by atoms with Crippen LogP contribution in [0.4, 0.5) is 8.78 Å². The predicted molar refractivity (Wildman–Crippen MR) is 59.8 cm³/mol. The number of carbonyl (C=O) groups is 1. The first-order valence-electron chi connectivity index (χ1n) is 4.68. The van der Waals surface area contributed by atoms with Gasteiger partial charge in [-0.3, -0.25) is 0 Å². The number of carboxylic acid groups (broad SMARTS) is 1. The van der Waals surface area contributed by atoms with Crippen molar-refractivity contribution in [2.24, 2.45) is 0 Å². The average molecular weight is 293 g/mol. The molecule has 0 bridgehead atoms. The maximum absolute atomic E-state index is 13.2. The molecule has 0 fully saturated rings. The van der Waals surface area contributed by atoms with Gasteiger partial charge in [-0.2, -0.15) is 8.78 Å². The van der Waals surface area contributed by atoms with E-state index in [2.05, 4.69) is 15.9 Å². The molecular formula is C11H11BrF2O2. The third-order valence-electron chi connectivity index (χ3n) is 2.25. The molecule has 0 amide bonds. The van der Waals surface area contributed by atoms with E-state index in [-0.39, 0.29) is 5.92 Å². The molecule has 0 atom stereocenters. The standard InChI is InChI=1S/C11H11BrF2O2/c1-6(2)8-4-3-7(5-9(8)12)11(13,14)10(15)16/h3-6H,1-2H3,(H,15,16). The van der Waals surface area contributed by atoms with E-state index in [4.69, 9.17) is 5.11 Å². The van der Waals surface area contributed by atoms with Gasteiger partial charge in [0.25, 0.3) is 0 Å². The van der Waals surface area contributed by atoms with Crippen LogP contribution >= 0.6 is 15.9 Å². The van der Waals surface area contributed by atoms with Crippen molar-refractivity contribution in [1.82, 2.24) is 0 Å². The van der Waals surface area contributed by atoms with Crippen LogP contribution in [0.2, 0.25) is 0 Å². The second kappa shape index (κ2) is 4.49. The predicted octanol–water partition coefficient (Wildman–Crippen LogP) is 3.75. The zero-order valence-corrected chi connectivity index (χ0v) is 10.4. The lowest BCUT2D eigenvalue weighted by Crippen LogP contribution is -2.25. The summed E-state index contributed by atoms with van der Waals surface area (Å²) in [5.41, 5.74) is 0.348. The van der Waals surface area contributed by atoms with E-state index in [9.17, 15) is 13.6 Å². The number of hydrogen-bond acceptors (Lipinski definition) is 1. The fourth-order valence-corrected chi connectivity index (χ4v) is 2.15. The van der Waals surface area contributed by atoms with Crippen molar-refractivity contribution < 1.29 is 18.7 Å². The smallest absolute Gasteiger partial charge is 0.379 e. The Morgan fingerprint density at radius 1 is 1.44 bits per heavy atom.